The van der Waals surface area contributed by atoms with Crippen LogP contribution in [-0.4, -0.2) is 38.0 Å². The fourth-order valence-electron chi connectivity index (χ4n) is 3.04. The SMILES string of the molecule is Cc1ccc(C(=O)N[C@@H]2CC(C(=O)O)C[C@@H]2n2ccnn2)cc1F. The van der Waals surface area contributed by atoms with E-state index in [0.717, 1.165) is 0 Å². The molecule has 1 aliphatic rings. The van der Waals surface area contributed by atoms with Gasteiger partial charge in [-0.15, -0.1) is 5.10 Å². The zero-order valence-corrected chi connectivity index (χ0v) is 13.0. The molecule has 3 rings (SSSR count). The second-order valence-electron chi connectivity index (χ2n) is 6.00. The second-order valence-corrected chi connectivity index (χ2v) is 6.00. The van der Waals surface area contributed by atoms with Crippen LogP contribution in [0.5, 0.6) is 0 Å². The van der Waals surface area contributed by atoms with E-state index in [0.29, 0.717) is 18.4 Å². The van der Waals surface area contributed by atoms with E-state index in [1.54, 1.807) is 23.9 Å². The zero-order chi connectivity index (χ0) is 17.3. The highest BCUT2D eigenvalue weighted by atomic mass is 19.1. The van der Waals surface area contributed by atoms with Crippen LogP contribution in [0.1, 0.15) is 34.8 Å². The summed E-state index contributed by atoms with van der Waals surface area (Å²) in [5.41, 5.74) is 0.660. The molecule has 3 atom stereocenters. The highest BCUT2D eigenvalue weighted by Crippen LogP contribution is 2.34. The van der Waals surface area contributed by atoms with Crippen LogP contribution in [0.3, 0.4) is 0 Å². The Balaban J connectivity index is 1.79. The van der Waals surface area contributed by atoms with Crippen molar-refractivity contribution >= 4 is 11.9 Å². The van der Waals surface area contributed by atoms with Gasteiger partial charge in [-0.3, -0.25) is 9.59 Å². The van der Waals surface area contributed by atoms with E-state index < -0.39 is 29.7 Å². The fraction of sp³-hybridized carbons (Fsp3) is 0.375. The van der Waals surface area contributed by atoms with Crippen molar-refractivity contribution in [3.63, 3.8) is 0 Å². The Bertz CT molecular complexity index is 763. The smallest absolute Gasteiger partial charge is 0.306 e. The van der Waals surface area contributed by atoms with Crippen molar-refractivity contribution in [3.05, 3.63) is 47.5 Å². The zero-order valence-electron chi connectivity index (χ0n) is 13.0. The summed E-state index contributed by atoms with van der Waals surface area (Å²) in [5, 5.41) is 19.7. The van der Waals surface area contributed by atoms with Crippen molar-refractivity contribution in [3.8, 4) is 0 Å². The number of carboxylic acid groups (broad SMARTS) is 1. The molecular weight excluding hydrogens is 315 g/mol. The first-order chi connectivity index (χ1) is 11.5. The van der Waals surface area contributed by atoms with Crippen LogP contribution in [0, 0.1) is 18.7 Å². The largest absolute Gasteiger partial charge is 0.481 e. The molecule has 1 amide bonds. The van der Waals surface area contributed by atoms with Gasteiger partial charge in [-0.2, -0.15) is 0 Å². The molecule has 2 aromatic rings. The van der Waals surface area contributed by atoms with Gasteiger partial charge in [0.2, 0.25) is 0 Å². The fourth-order valence-corrected chi connectivity index (χ4v) is 3.04. The quantitative estimate of drug-likeness (QED) is 0.885. The van der Waals surface area contributed by atoms with E-state index in [9.17, 15) is 19.1 Å². The van der Waals surface area contributed by atoms with Crippen molar-refractivity contribution in [1.82, 2.24) is 20.3 Å². The number of amides is 1. The lowest BCUT2D eigenvalue weighted by Gasteiger charge is -2.20. The molecule has 1 aromatic carbocycles. The molecule has 8 heteroatoms. The van der Waals surface area contributed by atoms with E-state index in [4.69, 9.17) is 0 Å². The van der Waals surface area contributed by atoms with Crippen molar-refractivity contribution < 1.29 is 19.1 Å². The Hall–Kier alpha value is -2.77. The van der Waals surface area contributed by atoms with Crippen molar-refractivity contribution in [1.29, 1.82) is 0 Å². The van der Waals surface area contributed by atoms with Crippen LogP contribution < -0.4 is 5.32 Å². The maximum Gasteiger partial charge on any atom is 0.306 e. The highest BCUT2D eigenvalue weighted by Gasteiger charge is 2.40. The summed E-state index contributed by atoms with van der Waals surface area (Å²) >= 11 is 0. The molecule has 7 nitrogen and oxygen atoms in total. The third kappa shape index (κ3) is 3.12. The summed E-state index contributed by atoms with van der Waals surface area (Å²) < 4.78 is 15.2. The van der Waals surface area contributed by atoms with Gasteiger partial charge in [0.15, 0.2) is 0 Å². The number of hydrogen-bond acceptors (Lipinski definition) is 4. The van der Waals surface area contributed by atoms with Gasteiger partial charge >= 0.3 is 5.97 Å². The number of carboxylic acids is 1. The standard InChI is InChI=1S/C16H17FN4O3/c1-9-2-3-10(6-12(9)17)15(22)19-13-7-11(16(23)24)8-14(13)21-5-4-18-20-21/h2-6,11,13-14H,7-8H2,1H3,(H,19,22)(H,23,24)/t11?,13-,14+/m1/s1. The number of nitrogens with one attached hydrogen (secondary N) is 1. The van der Waals surface area contributed by atoms with Crippen LogP contribution in [0.4, 0.5) is 4.39 Å². The Labute approximate surface area is 137 Å². The van der Waals surface area contributed by atoms with Gasteiger partial charge in [0.25, 0.3) is 5.91 Å². The van der Waals surface area contributed by atoms with E-state index in [2.05, 4.69) is 15.6 Å². The van der Waals surface area contributed by atoms with Gasteiger partial charge in [-0.25, -0.2) is 9.07 Å². The lowest BCUT2D eigenvalue weighted by Crippen LogP contribution is -2.38. The topological polar surface area (TPSA) is 97.1 Å². The van der Waals surface area contributed by atoms with Crippen LogP contribution in [0.25, 0.3) is 0 Å². The number of hydrogen-bond donors (Lipinski definition) is 2. The molecule has 126 valence electrons. The van der Waals surface area contributed by atoms with E-state index in [1.807, 2.05) is 0 Å². The number of benzene rings is 1. The van der Waals surface area contributed by atoms with Crippen molar-refractivity contribution in [2.24, 2.45) is 5.92 Å². The monoisotopic (exact) mass is 332 g/mol. The highest BCUT2D eigenvalue weighted by molar-refractivity contribution is 5.94. The predicted molar refractivity (Wildman–Crippen MR) is 81.8 cm³/mol. The first-order valence-corrected chi connectivity index (χ1v) is 7.61. The number of carbonyl (C=O) groups is 2. The average Bonchev–Trinajstić information content (AvgIpc) is 3.18. The summed E-state index contributed by atoms with van der Waals surface area (Å²) in [6, 6.07) is 3.55. The summed E-state index contributed by atoms with van der Waals surface area (Å²) in [6.45, 7) is 1.62. The lowest BCUT2D eigenvalue weighted by atomic mass is 10.1. The normalized spacial score (nSPS) is 23.2. The third-order valence-corrected chi connectivity index (χ3v) is 4.41. The number of nitrogens with zero attached hydrogens (tertiary/aromatic N) is 3. The summed E-state index contributed by atoms with van der Waals surface area (Å²) in [6.07, 6.45) is 3.79. The van der Waals surface area contributed by atoms with Gasteiger partial charge in [0.05, 0.1) is 24.2 Å². The van der Waals surface area contributed by atoms with Gasteiger partial charge in [-0.1, -0.05) is 11.3 Å². The molecule has 0 radical (unpaired) electrons. The van der Waals surface area contributed by atoms with E-state index >= 15 is 0 Å². The molecule has 1 aromatic heterocycles. The van der Waals surface area contributed by atoms with E-state index in [1.165, 1.54) is 18.3 Å². The third-order valence-electron chi connectivity index (χ3n) is 4.41. The molecule has 0 spiro atoms. The molecule has 1 heterocycles. The van der Waals surface area contributed by atoms with Crippen molar-refractivity contribution in [2.75, 3.05) is 0 Å². The van der Waals surface area contributed by atoms with Gasteiger partial charge in [0.1, 0.15) is 5.82 Å². The number of carbonyl (C=O) groups excluding carboxylic acids is 1. The molecule has 0 aliphatic heterocycles. The predicted octanol–water partition coefficient (Wildman–Crippen LogP) is 1.56. The molecule has 0 bridgehead atoms. The van der Waals surface area contributed by atoms with Gasteiger partial charge < -0.3 is 10.4 Å². The molecule has 2 N–H and O–H groups in total. The minimum absolute atomic E-state index is 0.203. The van der Waals surface area contributed by atoms with Gasteiger partial charge in [0, 0.05) is 11.8 Å². The number of halogens is 1. The minimum Gasteiger partial charge on any atom is -0.481 e. The number of aliphatic carboxylic acids is 1. The summed E-state index contributed by atoms with van der Waals surface area (Å²) in [7, 11) is 0. The Morgan fingerprint density at radius 2 is 2.17 bits per heavy atom. The van der Waals surface area contributed by atoms with Crippen LogP contribution >= 0.6 is 0 Å². The Morgan fingerprint density at radius 1 is 1.38 bits per heavy atom. The first-order valence-electron chi connectivity index (χ1n) is 7.61. The van der Waals surface area contributed by atoms with Crippen LogP contribution in [0.15, 0.2) is 30.6 Å². The average molecular weight is 332 g/mol. The van der Waals surface area contributed by atoms with Crippen LogP contribution in [-0.2, 0) is 4.79 Å². The minimum atomic E-state index is -0.904. The number of aryl methyl sites for hydroxylation is 1. The number of aromatic nitrogens is 3. The molecule has 0 saturated heterocycles. The van der Waals surface area contributed by atoms with E-state index in [-0.39, 0.29) is 11.6 Å². The van der Waals surface area contributed by atoms with Gasteiger partial charge in [-0.05, 0) is 37.5 Å². The molecule has 1 fully saturated rings. The van der Waals surface area contributed by atoms with Crippen molar-refractivity contribution in [2.45, 2.75) is 31.8 Å². The molecule has 1 saturated carbocycles. The lowest BCUT2D eigenvalue weighted by molar-refractivity contribution is -0.141. The second kappa shape index (κ2) is 6.38. The molecule has 1 unspecified atom stereocenters. The van der Waals surface area contributed by atoms with Crippen LogP contribution in [0.2, 0.25) is 0 Å². The molecule has 1 aliphatic carbocycles. The Morgan fingerprint density at radius 3 is 2.79 bits per heavy atom. The summed E-state index contributed by atoms with van der Waals surface area (Å²) in [4.78, 5) is 23.7. The molecular formula is C16H17FN4O3. The first kappa shape index (κ1) is 16.1. The molecule has 24 heavy (non-hydrogen) atoms. The number of rotatable bonds is 4. The maximum absolute atomic E-state index is 13.6. The Kier molecular flexibility index (Phi) is 4.28. The summed E-state index contributed by atoms with van der Waals surface area (Å²) in [5.74, 6) is -2.36. The maximum atomic E-state index is 13.6.